The molecule has 0 N–H and O–H groups in total. The van der Waals surface area contributed by atoms with Gasteiger partial charge in [-0.1, -0.05) is 67.6 Å². The molecule has 0 aliphatic rings. The SMILES string of the molecule is CCCc1sc2nc(SCc3ccc4ccccc4c3)n(-c3ccc(OC)cc3)c(=O)c2c1C. The highest BCUT2D eigenvalue weighted by Gasteiger charge is 2.19. The van der Waals surface area contributed by atoms with Gasteiger partial charge in [0.15, 0.2) is 5.16 Å². The molecule has 0 saturated carbocycles. The van der Waals surface area contributed by atoms with Crippen molar-refractivity contribution in [1.82, 2.24) is 9.55 Å². The van der Waals surface area contributed by atoms with Crippen LogP contribution in [0, 0.1) is 6.92 Å². The Bertz CT molecular complexity index is 1530. The van der Waals surface area contributed by atoms with E-state index in [0.29, 0.717) is 5.16 Å². The van der Waals surface area contributed by atoms with E-state index >= 15 is 0 Å². The number of hydrogen-bond donors (Lipinski definition) is 0. The molecule has 3 aromatic carbocycles. The van der Waals surface area contributed by atoms with E-state index in [4.69, 9.17) is 9.72 Å². The first-order valence-electron chi connectivity index (χ1n) is 11.4. The van der Waals surface area contributed by atoms with E-state index in [1.165, 1.54) is 21.2 Å². The molecule has 0 aliphatic heterocycles. The molecule has 2 heterocycles. The second-order valence-corrected chi connectivity index (χ2v) is 10.3. The highest BCUT2D eigenvalue weighted by Crippen LogP contribution is 2.32. The van der Waals surface area contributed by atoms with Crippen LogP contribution in [0.2, 0.25) is 0 Å². The summed E-state index contributed by atoms with van der Waals surface area (Å²) in [5.74, 6) is 1.48. The molecule has 0 radical (unpaired) electrons. The number of nitrogens with zero attached hydrogens (tertiary/aromatic N) is 2. The van der Waals surface area contributed by atoms with Crippen molar-refractivity contribution >= 4 is 44.1 Å². The Morgan fingerprint density at radius 2 is 1.79 bits per heavy atom. The number of thioether (sulfide) groups is 1. The highest BCUT2D eigenvalue weighted by atomic mass is 32.2. The van der Waals surface area contributed by atoms with E-state index in [1.807, 2.05) is 31.2 Å². The predicted octanol–water partition coefficient (Wildman–Crippen LogP) is 7.16. The maximum absolute atomic E-state index is 13.8. The first kappa shape index (κ1) is 22.7. The number of ether oxygens (including phenoxy) is 1. The molecule has 0 unspecified atom stereocenters. The molecular formula is C28H26N2O2S2. The lowest BCUT2D eigenvalue weighted by atomic mass is 10.1. The number of rotatable bonds is 7. The quantitative estimate of drug-likeness (QED) is 0.181. The highest BCUT2D eigenvalue weighted by molar-refractivity contribution is 7.98. The molecule has 0 saturated heterocycles. The maximum Gasteiger partial charge on any atom is 0.267 e. The van der Waals surface area contributed by atoms with Crippen LogP contribution >= 0.6 is 23.1 Å². The minimum Gasteiger partial charge on any atom is -0.497 e. The molecule has 0 aliphatic carbocycles. The Hall–Kier alpha value is -3.09. The fourth-order valence-corrected chi connectivity index (χ4v) is 6.48. The molecule has 4 nitrogen and oxygen atoms in total. The number of methoxy groups -OCH3 is 1. The van der Waals surface area contributed by atoms with Gasteiger partial charge in [0.2, 0.25) is 0 Å². The molecule has 0 fully saturated rings. The standard InChI is InChI=1S/C28H26N2O2S2/c1-4-7-24-18(2)25-26(34-24)29-28(30(27(25)31)22-12-14-23(32-3)15-13-22)33-17-19-10-11-20-8-5-6-9-21(20)16-19/h5-6,8-16H,4,7,17H2,1-3H3. The van der Waals surface area contributed by atoms with Crippen molar-refractivity contribution in [3.63, 3.8) is 0 Å². The first-order valence-corrected chi connectivity index (χ1v) is 13.2. The van der Waals surface area contributed by atoms with Gasteiger partial charge >= 0.3 is 0 Å². The number of thiophene rings is 1. The largest absolute Gasteiger partial charge is 0.497 e. The molecule has 2 aromatic heterocycles. The molecule has 6 heteroatoms. The summed E-state index contributed by atoms with van der Waals surface area (Å²) >= 11 is 3.25. The van der Waals surface area contributed by atoms with Crippen molar-refractivity contribution in [2.24, 2.45) is 0 Å². The summed E-state index contributed by atoms with van der Waals surface area (Å²) in [5.41, 5.74) is 3.05. The minimum absolute atomic E-state index is 0.00715. The summed E-state index contributed by atoms with van der Waals surface area (Å²) < 4.78 is 7.07. The van der Waals surface area contributed by atoms with Crippen LogP contribution in [0.15, 0.2) is 76.7 Å². The number of aryl methyl sites for hydroxylation is 2. The van der Waals surface area contributed by atoms with Crippen LogP contribution in [0.5, 0.6) is 5.75 Å². The Kier molecular flexibility index (Phi) is 6.44. The zero-order valence-electron chi connectivity index (χ0n) is 19.5. The van der Waals surface area contributed by atoms with Crippen LogP contribution in [0.4, 0.5) is 0 Å². The van der Waals surface area contributed by atoms with Gasteiger partial charge in [-0.2, -0.15) is 0 Å². The second-order valence-electron chi connectivity index (χ2n) is 8.28. The van der Waals surface area contributed by atoms with E-state index < -0.39 is 0 Å². The Labute approximate surface area is 207 Å². The average molecular weight is 487 g/mol. The Balaban J connectivity index is 1.60. The predicted molar refractivity (Wildman–Crippen MR) is 144 cm³/mol. The van der Waals surface area contributed by atoms with Crippen molar-refractivity contribution in [1.29, 1.82) is 0 Å². The molecule has 172 valence electrons. The van der Waals surface area contributed by atoms with Gasteiger partial charge in [0.25, 0.3) is 5.56 Å². The van der Waals surface area contributed by atoms with Crippen LogP contribution < -0.4 is 10.3 Å². The molecule has 0 spiro atoms. The van der Waals surface area contributed by atoms with E-state index in [0.717, 1.165) is 45.8 Å². The van der Waals surface area contributed by atoms with E-state index in [9.17, 15) is 4.79 Å². The Morgan fingerprint density at radius 3 is 2.53 bits per heavy atom. The molecule has 5 rings (SSSR count). The van der Waals surface area contributed by atoms with Crippen LogP contribution in [0.1, 0.15) is 29.3 Å². The molecule has 5 aromatic rings. The molecule has 34 heavy (non-hydrogen) atoms. The molecule has 0 bridgehead atoms. The van der Waals surface area contributed by atoms with Crippen molar-refractivity contribution in [2.45, 2.75) is 37.6 Å². The average Bonchev–Trinajstić information content (AvgIpc) is 3.18. The van der Waals surface area contributed by atoms with Gasteiger partial charge in [-0.3, -0.25) is 9.36 Å². The topological polar surface area (TPSA) is 44.1 Å². The number of benzene rings is 3. The van der Waals surface area contributed by atoms with Crippen molar-refractivity contribution in [3.8, 4) is 11.4 Å². The van der Waals surface area contributed by atoms with E-state index in [1.54, 1.807) is 34.8 Å². The van der Waals surface area contributed by atoms with Gasteiger partial charge in [-0.15, -0.1) is 11.3 Å². The van der Waals surface area contributed by atoms with Gasteiger partial charge in [0.05, 0.1) is 18.2 Å². The smallest absolute Gasteiger partial charge is 0.267 e. The van der Waals surface area contributed by atoms with Gasteiger partial charge in [-0.25, -0.2) is 4.98 Å². The number of aromatic nitrogens is 2. The van der Waals surface area contributed by atoms with Gasteiger partial charge < -0.3 is 4.74 Å². The van der Waals surface area contributed by atoms with Gasteiger partial charge in [-0.05, 0) is 59.5 Å². The van der Waals surface area contributed by atoms with Crippen molar-refractivity contribution < 1.29 is 4.74 Å². The normalized spacial score (nSPS) is 11.4. The summed E-state index contributed by atoms with van der Waals surface area (Å²) in [6.45, 7) is 4.21. The summed E-state index contributed by atoms with van der Waals surface area (Å²) in [6.07, 6.45) is 2.01. The fraction of sp³-hybridized carbons (Fsp3) is 0.214. The van der Waals surface area contributed by atoms with Crippen LogP contribution in [0.25, 0.3) is 26.7 Å². The monoisotopic (exact) mass is 486 g/mol. The second kappa shape index (κ2) is 9.65. The van der Waals surface area contributed by atoms with Crippen molar-refractivity contribution in [2.75, 3.05) is 7.11 Å². The minimum atomic E-state index is -0.00715. The van der Waals surface area contributed by atoms with Crippen LogP contribution in [-0.4, -0.2) is 16.7 Å². The fourth-order valence-electron chi connectivity index (χ4n) is 4.21. The summed E-state index contributed by atoms with van der Waals surface area (Å²) in [7, 11) is 1.64. The Morgan fingerprint density at radius 1 is 1.03 bits per heavy atom. The lowest BCUT2D eigenvalue weighted by Gasteiger charge is -2.13. The lowest BCUT2D eigenvalue weighted by Crippen LogP contribution is -2.21. The maximum atomic E-state index is 13.8. The third kappa shape index (κ3) is 4.24. The summed E-state index contributed by atoms with van der Waals surface area (Å²) in [5, 5.41) is 3.89. The number of fused-ring (bicyclic) bond motifs is 2. The van der Waals surface area contributed by atoms with Crippen LogP contribution in [0.3, 0.4) is 0 Å². The molecular weight excluding hydrogens is 460 g/mol. The molecule has 0 atom stereocenters. The van der Waals surface area contributed by atoms with E-state index in [-0.39, 0.29) is 5.56 Å². The van der Waals surface area contributed by atoms with Crippen LogP contribution in [-0.2, 0) is 12.2 Å². The third-order valence-electron chi connectivity index (χ3n) is 6.02. The van der Waals surface area contributed by atoms with E-state index in [2.05, 4.69) is 49.4 Å². The van der Waals surface area contributed by atoms with Crippen molar-refractivity contribution in [3.05, 3.63) is 93.1 Å². The molecule has 0 amide bonds. The van der Waals surface area contributed by atoms with Gasteiger partial charge in [0.1, 0.15) is 10.6 Å². The zero-order valence-corrected chi connectivity index (χ0v) is 21.1. The first-order chi connectivity index (χ1) is 16.6. The number of hydrogen-bond acceptors (Lipinski definition) is 5. The third-order valence-corrected chi connectivity index (χ3v) is 8.28. The summed E-state index contributed by atoms with van der Waals surface area (Å²) in [6, 6.07) is 22.5. The lowest BCUT2D eigenvalue weighted by molar-refractivity contribution is 0.414. The van der Waals surface area contributed by atoms with Gasteiger partial charge in [0, 0.05) is 10.6 Å². The summed E-state index contributed by atoms with van der Waals surface area (Å²) in [4.78, 5) is 20.9. The zero-order chi connectivity index (χ0) is 23.7.